The second-order valence-electron chi connectivity index (χ2n) is 8.96. The molecule has 3 aromatic rings. The zero-order valence-corrected chi connectivity index (χ0v) is 22.2. The van der Waals surface area contributed by atoms with Crippen molar-refractivity contribution in [1.82, 2.24) is 5.32 Å². The summed E-state index contributed by atoms with van der Waals surface area (Å²) in [7, 11) is 3.97. The largest absolute Gasteiger partial charge is 0.378 e. The van der Waals surface area contributed by atoms with E-state index >= 15 is 0 Å². The number of nitrogens with one attached hydrogen (secondary N) is 3. The van der Waals surface area contributed by atoms with E-state index in [4.69, 9.17) is 4.99 Å². The van der Waals surface area contributed by atoms with E-state index < -0.39 is 6.04 Å². The normalized spacial score (nSPS) is 14.9. The third-order valence-corrected chi connectivity index (χ3v) is 6.87. The van der Waals surface area contributed by atoms with Gasteiger partial charge in [0.2, 0.25) is 5.91 Å². The van der Waals surface area contributed by atoms with Crippen molar-refractivity contribution in [2.24, 2.45) is 4.99 Å². The summed E-state index contributed by atoms with van der Waals surface area (Å²) in [6.07, 6.45) is 0. The molecule has 2 amide bonds. The molecule has 190 valence electrons. The Bertz CT molecular complexity index is 1330. The van der Waals surface area contributed by atoms with Gasteiger partial charge in [0, 0.05) is 36.9 Å². The first-order chi connectivity index (χ1) is 17.8. The number of aryl methyl sites for hydroxylation is 1. The molecule has 1 heterocycles. The monoisotopic (exact) mass is 513 g/mol. The van der Waals surface area contributed by atoms with Crippen molar-refractivity contribution in [3.8, 4) is 0 Å². The van der Waals surface area contributed by atoms with Crippen LogP contribution in [0.25, 0.3) is 0 Å². The average molecular weight is 514 g/mol. The quantitative estimate of drug-likeness (QED) is 0.397. The van der Waals surface area contributed by atoms with Crippen molar-refractivity contribution in [2.45, 2.75) is 19.9 Å². The highest BCUT2D eigenvalue weighted by atomic mass is 32.2. The number of nitrogens with zero attached hydrogens (tertiary/aromatic N) is 2. The Balaban J connectivity index is 1.55. The molecule has 1 aliphatic rings. The second-order valence-corrected chi connectivity index (χ2v) is 9.92. The lowest BCUT2D eigenvalue weighted by molar-refractivity contribution is -0.114. The second kappa shape index (κ2) is 11.8. The molecule has 0 saturated carbocycles. The summed E-state index contributed by atoms with van der Waals surface area (Å²) in [4.78, 5) is 32.9. The summed E-state index contributed by atoms with van der Waals surface area (Å²) < 4.78 is 0. The topological polar surface area (TPSA) is 85.8 Å². The highest BCUT2D eigenvalue weighted by Gasteiger charge is 2.30. The number of hydrogen-bond acceptors (Lipinski definition) is 6. The van der Waals surface area contributed by atoms with E-state index in [1.165, 1.54) is 11.8 Å². The van der Waals surface area contributed by atoms with Crippen LogP contribution in [0.1, 0.15) is 24.1 Å². The number of benzene rings is 3. The van der Waals surface area contributed by atoms with Crippen LogP contribution in [0, 0.1) is 6.92 Å². The van der Waals surface area contributed by atoms with Gasteiger partial charge in [-0.25, -0.2) is 4.99 Å². The van der Waals surface area contributed by atoms with Crippen LogP contribution in [0.2, 0.25) is 0 Å². The van der Waals surface area contributed by atoms with Gasteiger partial charge < -0.3 is 20.9 Å². The summed E-state index contributed by atoms with van der Waals surface area (Å²) in [5.74, 6) is -0.154. The predicted octanol–water partition coefficient (Wildman–Crippen LogP) is 5.35. The molecular formula is C29H31N5O2S. The SMILES string of the molecule is CC1=C(C(=O)Nc2ccccc2)[C@@H](c2ccc(N(C)C)cc2)N=C(SCC(=O)Nc2ccccc2C)N1. The first-order valence-electron chi connectivity index (χ1n) is 12.0. The van der Waals surface area contributed by atoms with Crippen molar-refractivity contribution in [3.05, 3.63) is 101 Å². The molecule has 0 fully saturated rings. The van der Waals surface area contributed by atoms with Crippen molar-refractivity contribution in [3.63, 3.8) is 0 Å². The summed E-state index contributed by atoms with van der Waals surface area (Å²) in [6, 6.07) is 24.5. The number of anilines is 3. The Kier molecular flexibility index (Phi) is 8.30. The van der Waals surface area contributed by atoms with E-state index in [2.05, 4.69) is 16.0 Å². The molecule has 3 aromatic carbocycles. The number of aliphatic imine (C=N–C) groups is 1. The van der Waals surface area contributed by atoms with Gasteiger partial charge in [0.05, 0.1) is 11.3 Å². The first-order valence-corrected chi connectivity index (χ1v) is 13.0. The third kappa shape index (κ3) is 6.59. The van der Waals surface area contributed by atoms with Crippen molar-refractivity contribution in [1.29, 1.82) is 0 Å². The molecule has 37 heavy (non-hydrogen) atoms. The maximum Gasteiger partial charge on any atom is 0.255 e. The Morgan fingerprint density at radius 1 is 0.919 bits per heavy atom. The number of carbonyl (C=O) groups is 2. The van der Waals surface area contributed by atoms with E-state index in [1.807, 2.05) is 112 Å². The lowest BCUT2D eigenvalue weighted by Gasteiger charge is -2.26. The van der Waals surface area contributed by atoms with Crippen LogP contribution < -0.4 is 20.9 Å². The van der Waals surface area contributed by atoms with Crippen LogP contribution >= 0.6 is 11.8 Å². The molecule has 1 aliphatic heterocycles. The lowest BCUT2D eigenvalue weighted by atomic mass is 9.95. The molecule has 0 aliphatic carbocycles. The van der Waals surface area contributed by atoms with E-state index in [0.29, 0.717) is 22.1 Å². The average Bonchev–Trinajstić information content (AvgIpc) is 2.89. The number of allylic oxidation sites excluding steroid dienone is 1. The molecule has 8 heteroatoms. The Morgan fingerprint density at radius 2 is 1.59 bits per heavy atom. The van der Waals surface area contributed by atoms with Gasteiger partial charge in [-0.2, -0.15) is 0 Å². The van der Waals surface area contributed by atoms with Crippen molar-refractivity contribution in [2.75, 3.05) is 35.4 Å². The Hall–Kier alpha value is -4.04. The number of rotatable bonds is 7. The molecule has 0 bridgehead atoms. The maximum atomic E-state index is 13.4. The van der Waals surface area contributed by atoms with Crippen LogP contribution in [0.15, 0.2) is 95.1 Å². The molecule has 0 unspecified atom stereocenters. The highest BCUT2D eigenvalue weighted by Crippen LogP contribution is 2.34. The zero-order valence-electron chi connectivity index (χ0n) is 21.4. The fraction of sp³-hybridized carbons (Fsp3) is 0.207. The number of thioether (sulfide) groups is 1. The molecule has 0 spiro atoms. The van der Waals surface area contributed by atoms with Gasteiger partial charge in [-0.05, 0) is 55.3 Å². The molecule has 0 saturated heterocycles. The van der Waals surface area contributed by atoms with E-state index in [1.54, 1.807) is 0 Å². The smallest absolute Gasteiger partial charge is 0.255 e. The number of amidine groups is 1. The summed E-state index contributed by atoms with van der Waals surface area (Å²) in [5.41, 5.74) is 5.70. The van der Waals surface area contributed by atoms with Gasteiger partial charge in [0.25, 0.3) is 5.91 Å². The highest BCUT2D eigenvalue weighted by molar-refractivity contribution is 8.14. The fourth-order valence-corrected chi connectivity index (χ4v) is 4.71. The number of hydrogen-bond donors (Lipinski definition) is 3. The van der Waals surface area contributed by atoms with E-state index in [0.717, 1.165) is 22.5 Å². The van der Waals surface area contributed by atoms with Crippen LogP contribution in [0.4, 0.5) is 17.1 Å². The molecule has 0 radical (unpaired) electrons. The van der Waals surface area contributed by atoms with Gasteiger partial charge in [0.15, 0.2) is 5.17 Å². The van der Waals surface area contributed by atoms with Crippen molar-refractivity contribution >= 4 is 45.8 Å². The Labute approximate surface area is 222 Å². The number of amides is 2. The van der Waals surface area contributed by atoms with Crippen LogP contribution in [-0.4, -0.2) is 36.8 Å². The molecule has 0 aromatic heterocycles. The van der Waals surface area contributed by atoms with Gasteiger partial charge in [-0.3, -0.25) is 9.59 Å². The third-order valence-electron chi connectivity index (χ3n) is 5.98. The number of carbonyl (C=O) groups excluding carboxylic acids is 2. The number of para-hydroxylation sites is 2. The minimum absolute atomic E-state index is 0.120. The summed E-state index contributed by atoms with van der Waals surface area (Å²) in [6.45, 7) is 3.82. The molecular weight excluding hydrogens is 482 g/mol. The Morgan fingerprint density at radius 3 is 2.27 bits per heavy atom. The first kappa shape index (κ1) is 26.0. The standard InChI is InChI=1S/C29H31N5O2S/c1-19-10-8-9-13-24(19)32-25(35)18-37-29-30-20(2)26(28(36)31-22-11-6-5-7-12-22)27(33-29)21-14-16-23(17-15-21)34(3)4/h5-17,27H,18H2,1-4H3,(H,30,33)(H,31,36)(H,32,35)/t27-/m1/s1. The van der Waals surface area contributed by atoms with Gasteiger partial charge >= 0.3 is 0 Å². The fourth-order valence-electron chi connectivity index (χ4n) is 3.96. The molecule has 7 nitrogen and oxygen atoms in total. The van der Waals surface area contributed by atoms with Crippen molar-refractivity contribution < 1.29 is 9.59 Å². The van der Waals surface area contributed by atoms with E-state index in [-0.39, 0.29) is 17.6 Å². The van der Waals surface area contributed by atoms with Gasteiger partial charge in [0.1, 0.15) is 6.04 Å². The maximum absolute atomic E-state index is 13.4. The zero-order chi connectivity index (χ0) is 26.4. The molecule has 3 N–H and O–H groups in total. The van der Waals surface area contributed by atoms with Gasteiger partial charge in [-0.15, -0.1) is 0 Å². The molecule has 4 rings (SSSR count). The lowest BCUT2D eigenvalue weighted by Crippen LogP contribution is -2.32. The summed E-state index contributed by atoms with van der Waals surface area (Å²) >= 11 is 1.31. The van der Waals surface area contributed by atoms with Crippen LogP contribution in [0.3, 0.4) is 0 Å². The van der Waals surface area contributed by atoms with E-state index in [9.17, 15) is 9.59 Å². The minimum Gasteiger partial charge on any atom is -0.378 e. The van der Waals surface area contributed by atoms with Crippen LogP contribution in [-0.2, 0) is 9.59 Å². The van der Waals surface area contributed by atoms with Gasteiger partial charge in [-0.1, -0.05) is 60.3 Å². The summed E-state index contributed by atoms with van der Waals surface area (Å²) in [5, 5.41) is 9.77. The minimum atomic E-state index is -0.511. The predicted molar refractivity (Wildman–Crippen MR) is 154 cm³/mol. The molecule has 1 atom stereocenters. The van der Waals surface area contributed by atoms with Crippen LogP contribution in [0.5, 0.6) is 0 Å².